The van der Waals surface area contributed by atoms with Crippen LogP contribution in [0.1, 0.15) is 35.4 Å². The standard InChI is InChI=1S/C25H24N2O5/c1-29-15-8-10-22(28)18(12-15)20-14-21-17-6-4-5-7-24(17)32-25(27(21)26-20)19-13-16(30-2)9-11-23(19)31-3/h4-13,21,25,28H,14H2,1-3H3/t21-,25+/m1/s1. The minimum atomic E-state index is -0.523. The molecule has 5 rings (SSSR count). The Morgan fingerprint density at radius 1 is 0.906 bits per heavy atom. The van der Waals surface area contributed by atoms with E-state index in [1.807, 2.05) is 41.4 Å². The van der Waals surface area contributed by atoms with Gasteiger partial charge < -0.3 is 24.1 Å². The number of hydrogen-bond acceptors (Lipinski definition) is 7. The fourth-order valence-electron chi connectivity index (χ4n) is 4.31. The summed E-state index contributed by atoms with van der Waals surface area (Å²) in [6, 6.07) is 18.7. The molecule has 0 radical (unpaired) electrons. The second-order valence-electron chi connectivity index (χ2n) is 7.65. The first kappa shape index (κ1) is 20.1. The van der Waals surface area contributed by atoms with Gasteiger partial charge in [-0.3, -0.25) is 0 Å². The highest BCUT2D eigenvalue weighted by Gasteiger charge is 2.42. The van der Waals surface area contributed by atoms with E-state index in [0.717, 1.165) is 22.6 Å². The lowest BCUT2D eigenvalue weighted by Crippen LogP contribution is -2.33. The van der Waals surface area contributed by atoms with Gasteiger partial charge in [-0.15, -0.1) is 0 Å². The average molecular weight is 432 g/mol. The molecule has 0 amide bonds. The molecule has 0 spiro atoms. The smallest absolute Gasteiger partial charge is 0.217 e. The topological polar surface area (TPSA) is 72.8 Å². The molecule has 0 unspecified atom stereocenters. The molecule has 7 nitrogen and oxygen atoms in total. The van der Waals surface area contributed by atoms with Gasteiger partial charge in [0.15, 0.2) is 0 Å². The summed E-state index contributed by atoms with van der Waals surface area (Å²) < 4.78 is 22.9. The molecule has 7 heteroatoms. The molecule has 2 atom stereocenters. The molecule has 164 valence electrons. The van der Waals surface area contributed by atoms with E-state index in [9.17, 15) is 5.11 Å². The number of phenolic OH excluding ortho intramolecular Hbond substituents is 1. The van der Waals surface area contributed by atoms with Crippen molar-refractivity contribution in [1.29, 1.82) is 0 Å². The Morgan fingerprint density at radius 3 is 2.44 bits per heavy atom. The monoisotopic (exact) mass is 432 g/mol. The van der Waals surface area contributed by atoms with E-state index >= 15 is 0 Å². The molecule has 0 aromatic heterocycles. The quantitative estimate of drug-likeness (QED) is 0.632. The van der Waals surface area contributed by atoms with Crippen molar-refractivity contribution in [2.24, 2.45) is 5.10 Å². The van der Waals surface area contributed by atoms with Crippen LogP contribution >= 0.6 is 0 Å². The predicted molar refractivity (Wildman–Crippen MR) is 120 cm³/mol. The van der Waals surface area contributed by atoms with Crippen LogP contribution in [0.4, 0.5) is 0 Å². The van der Waals surface area contributed by atoms with Crippen LogP contribution in [0, 0.1) is 0 Å². The zero-order valence-electron chi connectivity index (χ0n) is 18.1. The molecule has 0 saturated carbocycles. The highest BCUT2D eigenvalue weighted by Crippen LogP contribution is 2.49. The van der Waals surface area contributed by atoms with Crippen molar-refractivity contribution in [2.75, 3.05) is 21.3 Å². The molecule has 2 heterocycles. The first-order chi connectivity index (χ1) is 15.6. The molecular formula is C25H24N2O5. The highest BCUT2D eigenvalue weighted by atomic mass is 16.5. The Hall–Kier alpha value is -3.87. The lowest BCUT2D eigenvalue weighted by atomic mass is 9.95. The van der Waals surface area contributed by atoms with Crippen molar-refractivity contribution in [3.8, 4) is 28.7 Å². The van der Waals surface area contributed by atoms with E-state index in [1.165, 1.54) is 0 Å². The average Bonchev–Trinajstić information content (AvgIpc) is 3.29. The third kappa shape index (κ3) is 3.26. The van der Waals surface area contributed by atoms with Gasteiger partial charge in [0.2, 0.25) is 6.23 Å². The van der Waals surface area contributed by atoms with Crippen LogP contribution in [0.3, 0.4) is 0 Å². The van der Waals surface area contributed by atoms with Crippen LogP contribution in [0.2, 0.25) is 0 Å². The summed E-state index contributed by atoms with van der Waals surface area (Å²) >= 11 is 0. The first-order valence-electron chi connectivity index (χ1n) is 10.3. The SMILES string of the molecule is COc1ccc(O)c(C2=NN3[C@H](C2)c2ccccc2O[C@H]3c2cc(OC)ccc2OC)c1. The minimum absolute atomic E-state index is 0.0542. The number of rotatable bonds is 5. The fourth-order valence-corrected chi connectivity index (χ4v) is 4.31. The molecule has 3 aromatic rings. The molecule has 0 saturated heterocycles. The summed E-state index contributed by atoms with van der Waals surface area (Å²) in [5.41, 5.74) is 3.27. The second-order valence-corrected chi connectivity index (χ2v) is 7.65. The Balaban J connectivity index is 1.64. The summed E-state index contributed by atoms with van der Waals surface area (Å²) in [6.07, 6.45) is 0.0920. The van der Waals surface area contributed by atoms with Crippen LogP contribution in [-0.4, -0.2) is 37.2 Å². The number of hydrazone groups is 1. The van der Waals surface area contributed by atoms with Crippen LogP contribution in [0.5, 0.6) is 28.7 Å². The number of methoxy groups -OCH3 is 3. The third-order valence-electron chi connectivity index (χ3n) is 5.92. The number of benzene rings is 3. The first-order valence-corrected chi connectivity index (χ1v) is 10.3. The van der Waals surface area contributed by atoms with Gasteiger partial charge in [0.25, 0.3) is 0 Å². The van der Waals surface area contributed by atoms with Gasteiger partial charge in [0, 0.05) is 17.5 Å². The molecule has 0 aliphatic carbocycles. The normalized spacial score (nSPS) is 18.8. The van der Waals surface area contributed by atoms with Crippen molar-refractivity contribution in [2.45, 2.75) is 18.7 Å². The third-order valence-corrected chi connectivity index (χ3v) is 5.92. The Bertz CT molecular complexity index is 1190. The van der Waals surface area contributed by atoms with Gasteiger partial charge in [0.05, 0.1) is 38.6 Å². The molecule has 3 aromatic carbocycles. The van der Waals surface area contributed by atoms with E-state index in [4.69, 9.17) is 24.0 Å². The summed E-state index contributed by atoms with van der Waals surface area (Å²) in [5, 5.41) is 17.4. The van der Waals surface area contributed by atoms with Gasteiger partial charge in [-0.25, -0.2) is 5.01 Å². The molecule has 0 fully saturated rings. The molecule has 2 aliphatic heterocycles. The van der Waals surface area contributed by atoms with Gasteiger partial charge in [-0.1, -0.05) is 18.2 Å². The lowest BCUT2D eigenvalue weighted by Gasteiger charge is -2.38. The van der Waals surface area contributed by atoms with E-state index < -0.39 is 6.23 Å². The number of hydrogen-bond donors (Lipinski definition) is 1. The van der Waals surface area contributed by atoms with Crippen molar-refractivity contribution >= 4 is 5.71 Å². The van der Waals surface area contributed by atoms with Gasteiger partial charge in [-0.05, 0) is 42.5 Å². The summed E-state index contributed by atoms with van der Waals surface area (Å²) in [4.78, 5) is 0. The molecular weight excluding hydrogens is 408 g/mol. The van der Waals surface area contributed by atoms with Crippen molar-refractivity contribution < 1.29 is 24.1 Å². The highest BCUT2D eigenvalue weighted by molar-refractivity contribution is 6.04. The number of fused-ring (bicyclic) bond motifs is 3. The maximum Gasteiger partial charge on any atom is 0.217 e. The molecule has 0 bridgehead atoms. The van der Waals surface area contributed by atoms with Crippen molar-refractivity contribution in [3.05, 3.63) is 77.4 Å². The summed E-state index contributed by atoms with van der Waals surface area (Å²) in [6.45, 7) is 0. The van der Waals surface area contributed by atoms with Crippen molar-refractivity contribution in [1.82, 2.24) is 5.01 Å². The number of nitrogens with zero attached hydrogens (tertiary/aromatic N) is 2. The van der Waals surface area contributed by atoms with E-state index in [0.29, 0.717) is 29.2 Å². The number of ether oxygens (including phenoxy) is 4. The predicted octanol–water partition coefficient (Wildman–Crippen LogP) is 4.66. The Labute approximate surface area is 186 Å². The maximum absolute atomic E-state index is 10.5. The fraction of sp³-hybridized carbons (Fsp3) is 0.240. The molecule has 32 heavy (non-hydrogen) atoms. The summed E-state index contributed by atoms with van der Waals surface area (Å²) in [5.74, 6) is 3.01. The largest absolute Gasteiger partial charge is 0.507 e. The summed E-state index contributed by atoms with van der Waals surface area (Å²) in [7, 11) is 4.86. The van der Waals surface area contributed by atoms with Crippen LogP contribution in [-0.2, 0) is 0 Å². The van der Waals surface area contributed by atoms with Gasteiger partial charge in [0.1, 0.15) is 28.7 Å². The second kappa shape index (κ2) is 8.00. The van der Waals surface area contributed by atoms with Crippen LogP contribution < -0.4 is 18.9 Å². The molecule has 1 N–H and O–H groups in total. The number of phenols is 1. The minimum Gasteiger partial charge on any atom is -0.507 e. The van der Waals surface area contributed by atoms with Crippen LogP contribution in [0.25, 0.3) is 0 Å². The van der Waals surface area contributed by atoms with Crippen molar-refractivity contribution in [3.63, 3.8) is 0 Å². The number of para-hydroxylation sites is 1. The zero-order valence-corrected chi connectivity index (χ0v) is 18.1. The Morgan fingerprint density at radius 2 is 1.66 bits per heavy atom. The van der Waals surface area contributed by atoms with Gasteiger partial charge >= 0.3 is 0 Å². The van der Waals surface area contributed by atoms with Gasteiger partial charge in [-0.2, -0.15) is 5.10 Å². The van der Waals surface area contributed by atoms with Crippen LogP contribution in [0.15, 0.2) is 65.8 Å². The van der Waals surface area contributed by atoms with E-state index in [-0.39, 0.29) is 11.8 Å². The Kier molecular flexibility index (Phi) is 5.01. The van der Waals surface area contributed by atoms with E-state index in [1.54, 1.807) is 39.5 Å². The molecule has 2 aliphatic rings. The zero-order chi connectivity index (χ0) is 22.2. The van der Waals surface area contributed by atoms with E-state index in [2.05, 4.69) is 6.07 Å². The lowest BCUT2D eigenvalue weighted by molar-refractivity contribution is -0.0204. The maximum atomic E-state index is 10.5. The number of aromatic hydroxyl groups is 1.